The van der Waals surface area contributed by atoms with Crippen LogP contribution in [0.1, 0.15) is 51.4 Å². The molecular formula is C18H31N3O3. The van der Waals surface area contributed by atoms with E-state index in [1.807, 2.05) is 9.80 Å². The van der Waals surface area contributed by atoms with Gasteiger partial charge in [-0.25, -0.2) is 4.79 Å². The molecule has 3 fully saturated rings. The predicted octanol–water partition coefficient (Wildman–Crippen LogP) is 1.99. The number of rotatable bonds is 2. The van der Waals surface area contributed by atoms with Crippen molar-refractivity contribution in [3.8, 4) is 0 Å². The second kappa shape index (κ2) is 8.70. The predicted molar refractivity (Wildman–Crippen MR) is 91.7 cm³/mol. The van der Waals surface area contributed by atoms with Crippen molar-refractivity contribution in [3.05, 3.63) is 0 Å². The molecule has 0 spiro atoms. The molecule has 1 saturated carbocycles. The van der Waals surface area contributed by atoms with E-state index < -0.39 is 0 Å². The fourth-order valence-corrected chi connectivity index (χ4v) is 4.06. The minimum absolute atomic E-state index is 0.0687. The van der Waals surface area contributed by atoms with Crippen LogP contribution in [0.5, 0.6) is 0 Å². The maximum Gasteiger partial charge on any atom is 0.317 e. The van der Waals surface area contributed by atoms with Crippen LogP contribution in [0.3, 0.4) is 0 Å². The molecule has 2 aliphatic heterocycles. The molecule has 2 saturated heterocycles. The average molecular weight is 337 g/mol. The minimum Gasteiger partial charge on any atom is -0.378 e. The topological polar surface area (TPSA) is 61.9 Å². The van der Waals surface area contributed by atoms with Gasteiger partial charge in [-0.1, -0.05) is 25.7 Å². The quantitative estimate of drug-likeness (QED) is 0.784. The van der Waals surface area contributed by atoms with Gasteiger partial charge in [0.1, 0.15) is 0 Å². The molecule has 3 aliphatic rings. The lowest BCUT2D eigenvalue weighted by atomic mass is 9.95. The van der Waals surface area contributed by atoms with Gasteiger partial charge in [0.2, 0.25) is 5.91 Å². The number of ether oxygens (including phenoxy) is 1. The first-order chi connectivity index (χ1) is 11.7. The summed E-state index contributed by atoms with van der Waals surface area (Å²) >= 11 is 0. The first-order valence-corrected chi connectivity index (χ1v) is 9.66. The molecule has 6 heteroatoms. The number of likely N-dealkylation sites (tertiary alicyclic amines) is 1. The van der Waals surface area contributed by atoms with Gasteiger partial charge >= 0.3 is 6.03 Å². The average Bonchev–Trinajstić information content (AvgIpc) is 2.90. The lowest BCUT2D eigenvalue weighted by molar-refractivity contribution is -0.141. The van der Waals surface area contributed by atoms with Crippen molar-refractivity contribution in [3.63, 3.8) is 0 Å². The summed E-state index contributed by atoms with van der Waals surface area (Å²) in [5.41, 5.74) is 0. The van der Waals surface area contributed by atoms with Gasteiger partial charge in [-0.2, -0.15) is 0 Å². The molecular weight excluding hydrogens is 306 g/mol. The van der Waals surface area contributed by atoms with Crippen LogP contribution in [0.2, 0.25) is 0 Å². The fourth-order valence-electron chi connectivity index (χ4n) is 4.06. The summed E-state index contributed by atoms with van der Waals surface area (Å²) in [6.07, 6.45) is 8.82. The number of nitrogens with zero attached hydrogens (tertiary/aromatic N) is 2. The van der Waals surface area contributed by atoms with Gasteiger partial charge in [-0.15, -0.1) is 0 Å². The van der Waals surface area contributed by atoms with Crippen LogP contribution in [0, 0.1) is 5.92 Å². The third-order valence-electron chi connectivity index (χ3n) is 5.64. The third kappa shape index (κ3) is 4.62. The van der Waals surface area contributed by atoms with Crippen LogP contribution in [0.4, 0.5) is 4.79 Å². The molecule has 3 amide bonds. The Hall–Kier alpha value is -1.30. The number of urea groups is 1. The highest BCUT2D eigenvalue weighted by Crippen LogP contribution is 2.21. The molecule has 2 heterocycles. The Morgan fingerprint density at radius 3 is 2.04 bits per heavy atom. The summed E-state index contributed by atoms with van der Waals surface area (Å²) < 4.78 is 5.31. The SMILES string of the molecule is O=C(NC1CCCCCC1)N1CCC(C(=O)N2CCOCC2)CC1. The first kappa shape index (κ1) is 17.5. The molecule has 0 atom stereocenters. The maximum absolute atomic E-state index is 12.5. The van der Waals surface area contributed by atoms with E-state index in [4.69, 9.17) is 4.74 Å². The second-order valence-corrected chi connectivity index (χ2v) is 7.34. The van der Waals surface area contributed by atoms with E-state index >= 15 is 0 Å². The Labute approximate surface area is 144 Å². The van der Waals surface area contributed by atoms with Crippen molar-refractivity contribution in [2.24, 2.45) is 5.92 Å². The van der Waals surface area contributed by atoms with Crippen LogP contribution in [0.15, 0.2) is 0 Å². The zero-order chi connectivity index (χ0) is 16.8. The molecule has 1 aliphatic carbocycles. The Kier molecular flexibility index (Phi) is 6.35. The molecule has 0 radical (unpaired) electrons. The van der Waals surface area contributed by atoms with Crippen molar-refractivity contribution in [1.82, 2.24) is 15.1 Å². The van der Waals surface area contributed by atoms with Crippen molar-refractivity contribution in [2.45, 2.75) is 57.4 Å². The van der Waals surface area contributed by atoms with E-state index in [0.717, 1.165) is 25.7 Å². The maximum atomic E-state index is 12.5. The summed E-state index contributed by atoms with van der Waals surface area (Å²) in [5.74, 6) is 0.326. The number of nitrogens with one attached hydrogen (secondary N) is 1. The van der Waals surface area contributed by atoms with E-state index in [9.17, 15) is 9.59 Å². The lowest BCUT2D eigenvalue weighted by Gasteiger charge is -2.36. The molecule has 24 heavy (non-hydrogen) atoms. The number of morpholine rings is 1. The zero-order valence-corrected chi connectivity index (χ0v) is 14.7. The number of amides is 3. The highest BCUT2D eigenvalue weighted by molar-refractivity contribution is 5.80. The summed E-state index contributed by atoms with van der Waals surface area (Å²) in [7, 11) is 0. The number of hydrogen-bond acceptors (Lipinski definition) is 3. The Bertz CT molecular complexity index is 421. The number of carbonyl (C=O) groups is 2. The van der Waals surface area contributed by atoms with Gasteiger partial charge < -0.3 is 19.9 Å². The van der Waals surface area contributed by atoms with Gasteiger partial charge in [0.15, 0.2) is 0 Å². The van der Waals surface area contributed by atoms with E-state index in [1.165, 1.54) is 25.7 Å². The molecule has 6 nitrogen and oxygen atoms in total. The van der Waals surface area contributed by atoms with Crippen molar-refractivity contribution >= 4 is 11.9 Å². The van der Waals surface area contributed by atoms with E-state index in [-0.39, 0.29) is 17.9 Å². The third-order valence-corrected chi connectivity index (χ3v) is 5.64. The molecule has 136 valence electrons. The van der Waals surface area contributed by atoms with Crippen LogP contribution in [0.25, 0.3) is 0 Å². The molecule has 0 unspecified atom stereocenters. The van der Waals surface area contributed by atoms with Gasteiger partial charge in [0.05, 0.1) is 13.2 Å². The van der Waals surface area contributed by atoms with Crippen LogP contribution in [-0.4, -0.2) is 67.2 Å². The summed E-state index contributed by atoms with van der Waals surface area (Å²) in [6.45, 7) is 4.10. The smallest absolute Gasteiger partial charge is 0.317 e. The number of hydrogen-bond donors (Lipinski definition) is 1. The molecule has 1 N–H and O–H groups in total. The Balaban J connectivity index is 1.42. The number of piperidine rings is 1. The molecule has 0 aromatic rings. The Morgan fingerprint density at radius 1 is 0.792 bits per heavy atom. The van der Waals surface area contributed by atoms with Gasteiger partial charge in [-0.05, 0) is 25.7 Å². The molecule has 3 rings (SSSR count). The van der Waals surface area contributed by atoms with Gasteiger partial charge in [0.25, 0.3) is 0 Å². The van der Waals surface area contributed by atoms with Crippen LogP contribution >= 0.6 is 0 Å². The van der Waals surface area contributed by atoms with Crippen molar-refractivity contribution in [2.75, 3.05) is 39.4 Å². The molecule has 0 aromatic heterocycles. The number of carbonyl (C=O) groups excluding carboxylic acids is 2. The second-order valence-electron chi connectivity index (χ2n) is 7.34. The van der Waals surface area contributed by atoms with Gasteiger partial charge in [-0.3, -0.25) is 4.79 Å². The van der Waals surface area contributed by atoms with E-state index in [2.05, 4.69) is 5.32 Å². The van der Waals surface area contributed by atoms with Crippen LogP contribution in [-0.2, 0) is 9.53 Å². The zero-order valence-electron chi connectivity index (χ0n) is 14.7. The Morgan fingerprint density at radius 2 is 1.42 bits per heavy atom. The minimum atomic E-state index is 0.0687. The normalized spacial score (nSPS) is 24.5. The largest absolute Gasteiger partial charge is 0.378 e. The standard InChI is InChI=1S/C18H31N3O3/c22-17(20-11-13-24-14-12-20)15-7-9-21(10-8-15)18(23)19-16-5-3-1-2-4-6-16/h15-16H,1-14H2,(H,19,23). The van der Waals surface area contributed by atoms with E-state index in [1.54, 1.807) is 0 Å². The summed E-state index contributed by atoms with van der Waals surface area (Å²) in [5, 5.41) is 3.21. The van der Waals surface area contributed by atoms with Gasteiger partial charge in [0, 0.05) is 38.1 Å². The lowest BCUT2D eigenvalue weighted by Crippen LogP contribution is -2.50. The summed E-state index contributed by atoms with van der Waals surface area (Å²) in [6, 6.07) is 0.409. The summed E-state index contributed by atoms with van der Waals surface area (Å²) in [4.78, 5) is 28.8. The van der Waals surface area contributed by atoms with Crippen molar-refractivity contribution < 1.29 is 14.3 Å². The van der Waals surface area contributed by atoms with Crippen molar-refractivity contribution in [1.29, 1.82) is 0 Å². The highest BCUT2D eigenvalue weighted by atomic mass is 16.5. The van der Waals surface area contributed by atoms with Crippen LogP contribution < -0.4 is 5.32 Å². The molecule has 0 bridgehead atoms. The monoisotopic (exact) mass is 337 g/mol. The molecule has 0 aromatic carbocycles. The fraction of sp³-hybridized carbons (Fsp3) is 0.889. The highest BCUT2D eigenvalue weighted by Gasteiger charge is 2.31. The van der Waals surface area contributed by atoms with E-state index in [0.29, 0.717) is 45.4 Å². The first-order valence-electron chi connectivity index (χ1n) is 9.66.